The van der Waals surface area contributed by atoms with Gasteiger partial charge in [-0.2, -0.15) is 0 Å². The number of rotatable bonds is 18. The molecule has 0 spiro atoms. The van der Waals surface area contributed by atoms with Crippen LogP contribution in [0.1, 0.15) is 125 Å². The minimum atomic E-state index is -0.410. The van der Waals surface area contributed by atoms with Crippen molar-refractivity contribution < 1.29 is 33.4 Å². The van der Waals surface area contributed by atoms with E-state index in [9.17, 15) is 24.0 Å². The molecule has 1 heterocycles. The van der Waals surface area contributed by atoms with Crippen LogP contribution in [0.5, 0.6) is 0 Å². The van der Waals surface area contributed by atoms with Gasteiger partial charge in [-0.05, 0) is 91.3 Å². The number of allylic oxidation sites excluding steroid dienone is 1. The maximum Gasteiger partial charge on any atom is 0.306 e. The number of hydrogen-bond donors (Lipinski definition) is 2. The summed E-state index contributed by atoms with van der Waals surface area (Å²) < 4.78 is 11.4. The topological polar surface area (TPSA) is 131 Å². The molecule has 0 aromatic heterocycles. The van der Waals surface area contributed by atoms with E-state index in [0.717, 1.165) is 59.7 Å². The molecule has 5 aliphatic rings. The zero-order valence-electron chi connectivity index (χ0n) is 32.5. The molecule has 2 N–H and O–H groups in total. The Labute approximate surface area is 311 Å². The first kappa shape index (κ1) is 40.2. The second-order valence-corrected chi connectivity index (χ2v) is 17.4. The summed E-state index contributed by atoms with van der Waals surface area (Å²) in [5, 5.41) is 5.44. The van der Waals surface area contributed by atoms with Crippen molar-refractivity contribution in [3.63, 3.8) is 0 Å². The molecule has 4 aliphatic carbocycles. The highest BCUT2D eigenvalue weighted by Crippen LogP contribution is 2.67. The van der Waals surface area contributed by atoms with Crippen LogP contribution in [0.4, 0.5) is 0 Å². The number of amides is 4. The fourth-order valence-corrected chi connectivity index (χ4v) is 10.9. The van der Waals surface area contributed by atoms with Gasteiger partial charge in [-0.25, -0.2) is 0 Å². The Hall–Kier alpha value is -3.01. The normalized spacial score (nSPS) is 31.5. The fraction of sp³-hybridized carbons (Fsp3) is 0.786. The summed E-state index contributed by atoms with van der Waals surface area (Å²) in [5.41, 5.74) is 2.19. The molecule has 1 aliphatic heterocycles. The van der Waals surface area contributed by atoms with Gasteiger partial charge in [0.05, 0.1) is 19.6 Å². The van der Waals surface area contributed by atoms with Crippen molar-refractivity contribution >= 4 is 29.6 Å². The van der Waals surface area contributed by atoms with Crippen molar-refractivity contribution in [3.05, 3.63) is 23.8 Å². The standard InChI is InChI=1S/C42H65N3O7/c1-28(2)7-6-8-29(3)33-11-12-34-32-10-9-30-27-31(17-20-41(30,4)35(32)18-21-42(33,34)5)52-40(50)16-13-36(46)43-22-25-51-26-23-44-37(47)19-24-45-38(48)14-15-39(45)49/h9,14-15,28-29,31-35H,6-8,10-13,16-27H2,1-5H3,(H,43,46)(H,44,47)/t29-,31?,32+,33-,34+,35+,41+,42-/m1/s1. The molecular weight excluding hydrogens is 658 g/mol. The highest BCUT2D eigenvalue weighted by molar-refractivity contribution is 6.13. The monoisotopic (exact) mass is 723 g/mol. The largest absolute Gasteiger partial charge is 0.462 e. The average molecular weight is 724 g/mol. The zero-order valence-corrected chi connectivity index (χ0v) is 32.5. The fourth-order valence-electron chi connectivity index (χ4n) is 10.9. The molecule has 0 radical (unpaired) electrons. The summed E-state index contributed by atoms with van der Waals surface area (Å²) in [5.74, 6) is 3.17. The van der Waals surface area contributed by atoms with Gasteiger partial charge in [0.2, 0.25) is 11.8 Å². The molecule has 0 saturated heterocycles. The van der Waals surface area contributed by atoms with Crippen LogP contribution in [0.2, 0.25) is 0 Å². The van der Waals surface area contributed by atoms with Crippen molar-refractivity contribution in [2.45, 2.75) is 131 Å². The molecule has 0 bridgehead atoms. The summed E-state index contributed by atoms with van der Waals surface area (Å²) >= 11 is 0. The molecule has 10 nitrogen and oxygen atoms in total. The van der Waals surface area contributed by atoms with E-state index in [4.69, 9.17) is 9.47 Å². The first-order chi connectivity index (χ1) is 24.8. The van der Waals surface area contributed by atoms with Crippen LogP contribution in [0.3, 0.4) is 0 Å². The highest BCUT2D eigenvalue weighted by atomic mass is 16.5. The lowest BCUT2D eigenvalue weighted by Gasteiger charge is -2.58. The van der Waals surface area contributed by atoms with Crippen LogP contribution in [-0.4, -0.2) is 73.4 Å². The smallest absolute Gasteiger partial charge is 0.306 e. The Morgan fingerprint density at radius 3 is 2.25 bits per heavy atom. The van der Waals surface area contributed by atoms with Crippen molar-refractivity contribution in [1.82, 2.24) is 15.5 Å². The van der Waals surface area contributed by atoms with Gasteiger partial charge in [0.15, 0.2) is 0 Å². The molecule has 290 valence electrons. The maximum atomic E-state index is 12.8. The van der Waals surface area contributed by atoms with E-state index in [0.29, 0.717) is 12.0 Å². The Morgan fingerprint density at radius 2 is 1.56 bits per heavy atom. The summed E-state index contributed by atoms with van der Waals surface area (Å²) in [6.45, 7) is 13.5. The van der Waals surface area contributed by atoms with E-state index < -0.39 is 11.8 Å². The number of ether oxygens (including phenoxy) is 2. The minimum absolute atomic E-state index is 0.0231. The lowest BCUT2D eigenvalue weighted by atomic mass is 9.47. The predicted octanol–water partition coefficient (Wildman–Crippen LogP) is 6.28. The molecule has 1 unspecified atom stereocenters. The molecule has 0 aromatic rings. The van der Waals surface area contributed by atoms with Gasteiger partial charge < -0.3 is 20.1 Å². The molecule has 3 saturated carbocycles. The Morgan fingerprint density at radius 1 is 0.865 bits per heavy atom. The number of imide groups is 1. The highest BCUT2D eigenvalue weighted by Gasteiger charge is 2.59. The van der Waals surface area contributed by atoms with Gasteiger partial charge >= 0.3 is 5.97 Å². The van der Waals surface area contributed by atoms with Gasteiger partial charge in [0.1, 0.15) is 6.10 Å². The zero-order chi connectivity index (χ0) is 37.5. The predicted molar refractivity (Wildman–Crippen MR) is 199 cm³/mol. The molecular formula is C42H65N3O7. The number of nitrogens with one attached hydrogen (secondary N) is 2. The molecule has 5 rings (SSSR count). The second kappa shape index (κ2) is 17.9. The lowest BCUT2D eigenvalue weighted by Crippen LogP contribution is -2.51. The summed E-state index contributed by atoms with van der Waals surface area (Å²) in [6, 6.07) is 0. The van der Waals surface area contributed by atoms with Crippen LogP contribution < -0.4 is 10.6 Å². The number of carbonyl (C=O) groups is 5. The van der Waals surface area contributed by atoms with E-state index in [1.54, 1.807) is 0 Å². The van der Waals surface area contributed by atoms with E-state index in [1.165, 1.54) is 69.1 Å². The van der Waals surface area contributed by atoms with Crippen molar-refractivity contribution in [1.29, 1.82) is 0 Å². The Balaban J connectivity index is 0.956. The van der Waals surface area contributed by atoms with E-state index >= 15 is 0 Å². The Bertz CT molecular complexity index is 1360. The molecule has 8 atom stereocenters. The number of nitrogens with zero attached hydrogens (tertiary/aromatic N) is 1. The third-order valence-corrected chi connectivity index (χ3v) is 13.7. The first-order valence-electron chi connectivity index (χ1n) is 20.4. The van der Waals surface area contributed by atoms with Crippen molar-refractivity contribution in [2.24, 2.45) is 46.3 Å². The molecule has 3 fully saturated rings. The second-order valence-electron chi connectivity index (χ2n) is 17.4. The van der Waals surface area contributed by atoms with Gasteiger partial charge in [-0.3, -0.25) is 28.9 Å². The molecule has 4 amide bonds. The van der Waals surface area contributed by atoms with Gasteiger partial charge in [-0.15, -0.1) is 0 Å². The van der Waals surface area contributed by atoms with E-state index in [1.807, 2.05) is 0 Å². The van der Waals surface area contributed by atoms with Crippen LogP contribution in [0.25, 0.3) is 0 Å². The lowest BCUT2D eigenvalue weighted by molar-refractivity contribution is -0.152. The first-order valence-corrected chi connectivity index (χ1v) is 20.4. The maximum absolute atomic E-state index is 12.8. The SMILES string of the molecule is CC(C)CCC[C@@H](C)[C@H]1CC[C@H]2[C@@H]3CC=C4CC(OC(=O)CCC(=O)NCCOCCNC(=O)CCN5C(=O)C=CC5=O)CC[C@]4(C)[C@H]3CC[C@]12C. The number of fused-ring (bicyclic) bond motifs is 5. The van der Waals surface area contributed by atoms with Gasteiger partial charge in [0, 0.05) is 51.0 Å². The number of hydrogen-bond acceptors (Lipinski definition) is 7. The Kier molecular flexibility index (Phi) is 13.8. The number of carbonyl (C=O) groups excluding carboxylic acids is 5. The van der Waals surface area contributed by atoms with E-state index in [-0.39, 0.29) is 74.9 Å². The van der Waals surface area contributed by atoms with E-state index in [2.05, 4.69) is 51.3 Å². The van der Waals surface area contributed by atoms with Crippen LogP contribution >= 0.6 is 0 Å². The summed E-state index contributed by atoms with van der Waals surface area (Å²) in [4.78, 5) is 61.1. The average Bonchev–Trinajstić information content (AvgIpc) is 3.63. The van der Waals surface area contributed by atoms with Gasteiger partial charge in [-0.1, -0.05) is 65.5 Å². The van der Waals surface area contributed by atoms with Crippen molar-refractivity contribution in [2.75, 3.05) is 32.8 Å². The van der Waals surface area contributed by atoms with Crippen molar-refractivity contribution in [3.8, 4) is 0 Å². The van der Waals surface area contributed by atoms with Crippen LogP contribution in [0, 0.1) is 46.3 Å². The van der Waals surface area contributed by atoms with Crippen LogP contribution in [-0.2, 0) is 33.4 Å². The molecule has 0 aromatic carbocycles. The number of esters is 1. The van der Waals surface area contributed by atoms with Crippen LogP contribution in [0.15, 0.2) is 23.8 Å². The third kappa shape index (κ3) is 9.55. The van der Waals surface area contributed by atoms with Gasteiger partial charge in [0.25, 0.3) is 11.8 Å². The molecule has 52 heavy (non-hydrogen) atoms. The summed E-state index contributed by atoms with van der Waals surface area (Å²) in [7, 11) is 0. The quantitative estimate of drug-likeness (QED) is 0.0737. The molecule has 10 heteroatoms. The summed E-state index contributed by atoms with van der Waals surface area (Å²) in [6.07, 6.45) is 18.5. The third-order valence-electron chi connectivity index (χ3n) is 13.7. The minimum Gasteiger partial charge on any atom is -0.462 e.